The zero-order valence-electron chi connectivity index (χ0n) is 19.9. The van der Waals surface area contributed by atoms with Crippen molar-refractivity contribution in [3.8, 4) is 0 Å². The van der Waals surface area contributed by atoms with Gasteiger partial charge in [-0.2, -0.15) is 0 Å². The van der Waals surface area contributed by atoms with E-state index in [0.29, 0.717) is 16.3 Å². The van der Waals surface area contributed by atoms with Crippen LogP contribution in [0.5, 0.6) is 0 Å². The van der Waals surface area contributed by atoms with Gasteiger partial charge in [-0.1, -0.05) is 88.2 Å². The lowest BCUT2D eigenvalue weighted by molar-refractivity contribution is -0.122. The molecule has 0 saturated carbocycles. The Morgan fingerprint density at radius 3 is 2.37 bits per heavy atom. The van der Waals surface area contributed by atoms with Gasteiger partial charge in [0.2, 0.25) is 11.8 Å². The lowest BCUT2D eigenvalue weighted by Gasteiger charge is -2.36. The summed E-state index contributed by atoms with van der Waals surface area (Å²) in [6.45, 7) is 0. The van der Waals surface area contributed by atoms with Crippen molar-refractivity contribution in [2.75, 3.05) is 9.80 Å². The van der Waals surface area contributed by atoms with E-state index in [9.17, 15) is 14.4 Å². The molecule has 0 unspecified atom stereocenters. The van der Waals surface area contributed by atoms with Gasteiger partial charge in [0.1, 0.15) is 6.04 Å². The number of amides is 2. The smallest absolute Gasteiger partial charge is 0.240 e. The number of ketones is 1. The Kier molecular flexibility index (Phi) is 5.32. The summed E-state index contributed by atoms with van der Waals surface area (Å²) in [6, 6.07) is 24.6. The van der Waals surface area contributed by atoms with Gasteiger partial charge in [0.25, 0.3) is 0 Å². The topological polar surface area (TPSA) is 57.7 Å². The fraction of sp³-hybridized carbons (Fsp3) is 0.129. The standard InChI is InChI=1S/C31H20BrClN2O3/c32-20-11-8-18(9-12-20)29(36)28-27-26(25-14-10-19-16-21(33)13-15-23(19)34(25)28)30(37)35(31(27)38)24-7-3-5-17-4-1-2-6-22(17)24/h1-16,25-28H/t25-,26-,27+,28-/m0/s1. The number of hydrogen-bond acceptors (Lipinski definition) is 4. The molecule has 3 aliphatic heterocycles. The number of benzene rings is 4. The van der Waals surface area contributed by atoms with Crippen molar-refractivity contribution < 1.29 is 14.4 Å². The Bertz CT molecular complexity index is 1690. The van der Waals surface area contributed by atoms with Crippen molar-refractivity contribution in [1.82, 2.24) is 0 Å². The molecule has 4 aromatic carbocycles. The molecular weight excluding hydrogens is 564 g/mol. The third-order valence-electron chi connectivity index (χ3n) is 7.87. The number of imide groups is 1. The highest BCUT2D eigenvalue weighted by molar-refractivity contribution is 9.10. The fourth-order valence-electron chi connectivity index (χ4n) is 6.27. The predicted molar refractivity (Wildman–Crippen MR) is 152 cm³/mol. The van der Waals surface area contributed by atoms with E-state index in [1.54, 1.807) is 24.3 Å². The van der Waals surface area contributed by atoms with E-state index in [4.69, 9.17) is 11.6 Å². The molecule has 0 radical (unpaired) electrons. The summed E-state index contributed by atoms with van der Waals surface area (Å²) in [5, 5.41) is 2.34. The molecule has 38 heavy (non-hydrogen) atoms. The lowest BCUT2D eigenvalue weighted by Crippen LogP contribution is -2.48. The highest BCUT2D eigenvalue weighted by atomic mass is 79.9. The van der Waals surface area contributed by atoms with Crippen LogP contribution in [0.4, 0.5) is 11.4 Å². The molecule has 3 heterocycles. The number of anilines is 2. The van der Waals surface area contributed by atoms with Gasteiger partial charge in [0, 0.05) is 26.1 Å². The van der Waals surface area contributed by atoms with Crippen LogP contribution >= 0.6 is 27.5 Å². The zero-order valence-corrected chi connectivity index (χ0v) is 22.3. The molecule has 7 rings (SSSR count). The summed E-state index contributed by atoms with van der Waals surface area (Å²) in [5.41, 5.74) is 2.70. The van der Waals surface area contributed by atoms with Crippen LogP contribution in [-0.4, -0.2) is 29.7 Å². The lowest BCUT2D eigenvalue weighted by atomic mass is 9.86. The van der Waals surface area contributed by atoms with E-state index in [1.165, 1.54) is 4.90 Å². The Hall–Kier alpha value is -3.74. The number of halogens is 2. The van der Waals surface area contributed by atoms with Crippen LogP contribution in [0, 0.1) is 11.8 Å². The summed E-state index contributed by atoms with van der Waals surface area (Å²) in [4.78, 5) is 45.8. The second-order valence-corrected chi connectivity index (χ2v) is 11.2. The maximum atomic E-state index is 14.2. The number of rotatable bonds is 3. The van der Waals surface area contributed by atoms with E-state index < -0.39 is 23.9 Å². The number of fused-ring (bicyclic) bond motifs is 6. The molecule has 4 aromatic rings. The first kappa shape index (κ1) is 23.4. The average Bonchev–Trinajstić information content (AvgIpc) is 3.40. The molecular formula is C31H20BrClN2O3. The molecule has 186 valence electrons. The van der Waals surface area contributed by atoms with E-state index in [-0.39, 0.29) is 17.6 Å². The number of Topliss-reactive ketones (excluding diaryl/α,β-unsaturated/α-hetero) is 1. The second-order valence-electron chi connectivity index (χ2n) is 9.84. The minimum atomic E-state index is -0.840. The number of nitrogens with zero attached hydrogens (tertiary/aromatic N) is 2. The van der Waals surface area contributed by atoms with Crippen LogP contribution in [0.1, 0.15) is 15.9 Å². The van der Waals surface area contributed by atoms with Crippen molar-refractivity contribution >= 4 is 73.4 Å². The predicted octanol–water partition coefficient (Wildman–Crippen LogP) is 6.53. The van der Waals surface area contributed by atoms with Gasteiger partial charge in [-0.25, -0.2) is 4.90 Å². The first-order valence-electron chi connectivity index (χ1n) is 12.4. The molecule has 0 N–H and O–H groups in total. The van der Waals surface area contributed by atoms with Gasteiger partial charge >= 0.3 is 0 Å². The summed E-state index contributed by atoms with van der Waals surface area (Å²) in [6.07, 6.45) is 3.87. The molecule has 0 aliphatic carbocycles. The van der Waals surface area contributed by atoms with Crippen LogP contribution in [0.2, 0.25) is 5.02 Å². The molecule has 0 bridgehead atoms. The van der Waals surface area contributed by atoms with E-state index in [2.05, 4.69) is 15.9 Å². The highest BCUT2D eigenvalue weighted by Crippen LogP contribution is 2.50. The number of carbonyl (C=O) groups is 3. The van der Waals surface area contributed by atoms with Crippen LogP contribution in [0.25, 0.3) is 16.8 Å². The summed E-state index contributed by atoms with van der Waals surface area (Å²) >= 11 is 9.70. The van der Waals surface area contributed by atoms with Crippen molar-refractivity contribution in [3.05, 3.63) is 112 Å². The van der Waals surface area contributed by atoms with Crippen LogP contribution in [0.15, 0.2) is 95.5 Å². The normalized spacial score (nSPS) is 23.5. The van der Waals surface area contributed by atoms with Gasteiger partial charge in [-0.05, 0) is 47.3 Å². The Balaban J connectivity index is 1.39. The van der Waals surface area contributed by atoms with Crippen molar-refractivity contribution in [1.29, 1.82) is 0 Å². The maximum Gasteiger partial charge on any atom is 0.240 e. The maximum absolute atomic E-state index is 14.2. The average molecular weight is 584 g/mol. The third-order valence-corrected chi connectivity index (χ3v) is 8.64. The van der Waals surface area contributed by atoms with Crippen molar-refractivity contribution in [3.63, 3.8) is 0 Å². The fourth-order valence-corrected chi connectivity index (χ4v) is 6.71. The molecule has 2 saturated heterocycles. The molecule has 5 nitrogen and oxygen atoms in total. The molecule has 0 spiro atoms. The molecule has 7 heteroatoms. The van der Waals surface area contributed by atoms with Crippen molar-refractivity contribution in [2.24, 2.45) is 11.8 Å². The molecule has 3 aliphatic rings. The van der Waals surface area contributed by atoms with E-state index in [0.717, 1.165) is 26.5 Å². The second kappa shape index (κ2) is 8.65. The van der Waals surface area contributed by atoms with Crippen molar-refractivity contribution in [2.45, 2.75) is 12.1 Å². The van der Waals surface area contributed by atoms with E-state index >= 15 is 0 Å². The summed E-state index contributed by atoms with van der Waals surface area (Å²) in [7, 11) is 0. The van der Waals surface area contributed by atoms with Crippen LogP contribution < -0.4 is 9.80 Å². The monoisotopic (exact) mass is 582 g/mol. The Labute approximate surface area is 232 Å². The molecule has 2 amide bonds. The number of carbonyl (C=O) groups excluding carboxylic acids is 3. The molecule has 2 fully saturated rings. The van der Waals surface area contributed by atoms with Gasteiger partial charge in [0.05, 0.1) is 23.6 Å². The minimum absolute atomic E-state index is 0.188. The molecule has 0 aromatic heterocycles. The van der Waals surface area contributed by atoms with Gasteiger partial charge in [-0.15, -0.1) is 0 Å². The number of hydrogen-bond donors (Lipinski definition) is 0. The Morgan fingerprint density at radius 1 is 0.816 bits per heavy atom. The first-order valence-corrected chi connectivity index (χ1v) is 13.5. The first-order chi connectivity index (χ1) is 18.4. The van der Waals surface area contributed by atoms with E-state index in [1.807, 2.05) is 77.7 Å². The van der Waals surface area contributed by atoms with Gasteiger partial charge in [-0.3, -0.25) is 14.4 Å². The highest BCUT2D eigenvalue weighted by Gasteiger charge is 2.64. The molecule has 4 atom stereocenters. The SMILES string of the molecule is O=C(c1ccc(Br)cc1)[C@@H]1[C@@H]2C(=O)N(c3cccc4ccccc34)C(=O)[C@H]2[C@@H]2C=Cc3cc(Cl)ccc3N12. The zero-order chi connectivity index (χ0) is 26.1. The third kappa shape index (κ3) is 3.33. The summed E-state index contributed by atoms with van der Waals surface area (Å²) < 4.78 is 0.853. The van der Waals surface area contributed by atoms with Gasteiger partial charge in [0.15, 0.2) is 5.78 Å². The van der Waals surface area contributed by atoms with Crippen LogP contribution in [-0.2, 0) is 9.59 Å². The Morgan fingerprint density at radius 2 is 1.55 bits per heavy atom. The van der Waals surface area contributed by atoms with Crippen LogP contribution in [0.3, 0.4) is 0 Å². The quantitative estimate of drug-likeness (QED) is 0.203. The van der Waals surface area contributed by atoms with Gasteiger partial charge < -0.3 is 4.90 Å². The minimum Gasteiger partial charge on any atom is -0.352 e. The summed E-state index contributed by atoms with van der Waals surface area (Å²) in [5.74, 6) is -2.32. The largest absolute Gasteiger partial charge is 0.352 e.